The van der Waals surface area contributed by atoms with Gasteiger partial charge >= 0.3 is 0 Å². The molecule has 0 spiro atoms. The number of fused-ring (bicyclic) bond motifs is 1. The molecule has 1 aromatic carbocycles. The second-order valence-electron chi connectivity index (χ2n) is 7.32. The summed E-state index contributed by atoms with van der Waals surface area (Å²) in [5, 5.41) is 15.0. The smallest absolute Gasteiger partial charge is 0.228 e. The summed E-state index contributed by atoms with van der Waals surface area (Å²) in [5.74, 6) is 0.752. The van der Waals surface area contributed by atoms with E-state index >= 15 is 0 Å². The molecular formula is C21H21N7O. The number of anilines is 1. The highest BCUT2D eigenvalue weighted by molar-refractivity contribution is 6.02. The summed E-state index contributed by atoms with van der Waals surface area (Å²) >= 11 is 0. The van der Waals surface area contributed by atoms with Gasteiger partial charge in [0.1, 0.15) is 12.7 Å². The summed E-state index contributed by atoms with van der Waals surface area (Å²) < 4.78 is 1.86. The van der Waals surface area contributed by atoms with Crippen LogP contribution in [0.3, 0.4) is 0 Å². The van der Waals surface area contributed by atoms with Crippen molar-refractivity contribution in [1.29, 1.82) is 0 Å². The number of nitrogens with one attached hydrogen (secondary N) is 3. The first kappa shape index (κ1) is 17.6. The van der Waals surface area contributed by atoms with Crippen molar-refractivity contribution in [2.75, 3.05) is 12.4 Å². The van der Waals surface area contributed by atoms with Crippen LogP contribution >= 0.6 is 0 Å². The van der Waals surface area contributed by atoms with Gasteiger partial charge in [0.15, 0.2) is 5.82 Å². The van der Waals surface area contributed by atoms with Gasteiger partial charge in [-0.1, -0.05) is 12.1 Å². The van der Waals surface area contributed by atoms with Crippen LogP contribution in [0.2, 0.25) is 0 Å². The molecule has 0 atom stereocenters. The van der Waals surface area contributed by atoms with Crippen LogP contribution in [0.1, 0.15) is 18.4 Å². The van der Waals surface area contributed by atoms with Crippen LogP contribution in [0.15, 0.2) is 49.2 Å². The van der Waals surface area contributed by atoms with Crippen molar-refractivity contribution in [3.8, 4) is 16.9 Å². The number of hydrogen-bond acceptors (Lipinski definition) is 5. The third kappa shape index (κ3) is 3.38. The Balaban J connectivity index is 1.58. The second-order valence-corrected chi connectivity index (χ2v) is 7.32. The Hall–Kier alpha value is -3.52. The number of carbonyl (C=O) groups is 1. The molecule has 0 bridgehead atoms. The minimum atomic E-state index is 0.0471. The van der Waals surface area contributed by atoms with Crippen molar-refractivity contribution in [1.82, 2.24) is 30.0 Å². The highest BCUT2D eigenvalue weighted by atomic mass is 16.2. The number of amides is 1. The molecule has 1 aliphatic rings. The lowest BCUT2D eigenvalue weighted by atomic mass is 10.1. The number of nitrogens with zero attached hydrogens (tertiary/aromatic N) is 4. The Morgan fingerprint density at radius 1 is 1.24 bits per heavy atom. The minimum Gasteiger partial charge on any atom is -0.351 e. The molecule has 146 valence electrons. The molecule has 8 heteroatoms. The highest BCUT2D eigenvalue weighted by Crippen LogP contribution is 2.33. The summed E-state index contributed by atoms with van der Waals surface area (Å²) in [6.45, 7) is 0.693. The van der Waals surface area contributed by atoms with E-state index in [1.54, 1.807) is 12.7 Å². The van der Waals surface area contributed by atoms with E-state index in [9.17, 15) is 4.79 Å². The lowest BCUT2D eigenvalue weighted by Crippen LogP contribution is -2.15. The number of hydrogen-bond donors (Lipinski definition) is 3. The quantitative estimate of drug-likeness (QED) is 0.472. The number of pyridine rings is 1. The Labute approximate surface area is 167 Å². The number of benzene rings is 1. The molecule has 1 amide bonds. The zero-order valence-corrected chi connectivity index (χ0v) is 16.0. The van der Waals surface area contributed by atoms with Gasteiger partial charge in [-0.15, -0.1) is 10.2 Å². The number of H-pyrrole nitrogens is 1. The summed E-state index contributed by atoms with van der Waals surface area (Å²) in [5.41, 5.74) is 4.88. The van der Waals surface area contributed by atoms with Gasteiger partial charge in [0.05, 0.1) is 5.52 Å². The first-order valence-corrected chi connectivity index (χ1v) is 9.64. The molecule has 3 aromatic heterocycles. The lowest BCUT2D eigenvalue weighted by Gasteiger charge is -2.08. The molecule has 0 radical (unpaired) electrons. The van der Waals surface area contributed by atoms with Crippen molar-refractivity contribution in [2.24, 2.45) is 5.92 Å². The molecule has 0 saturated heterocycles. The average Bonchev–Trinajstić information content (AvgIpc) is 3.26. The normalized spacial score (nSPS) is 13.7. The Morgan fingerprint density at radius 3 is 2.83 bits per heavy atom. The van der Waals surface area contributed by atoms with Crippen molar-refractivity contribution in [2.45, 2.75) is 19.4 Å². The van der Waals surface area contributed by atoms with Crippen LogP contribution in [0.25, 0.3) is 27.8 Å². The van der Waals surface area contributed by atoms with Gasteiger partial charge in [-0.2, -0.15) is 0 Å². The van der Waals surface area contributed by atoms with Crippen LogP contribution in [0.5, 0.6) is 0 Å². The van der Waals surface area contributed by atoms with Crippen LogP contribution in [-0.2, 0) is 11.3 Å². The predicted molar refractivity (Wildman–Crippen MR) is 111 cm³/mol. The largest absolute Gasteiger partial charge is 0.351 e. The van der Waals surface area contributed by atoms with Gasteiger partial charge in [-0.25, -0.2) is 4.98 Å². The van der Waals surface area contributed by atoms with Gasteiger partial charge < -0.3 is 15.6 Å². The maximum Gasteiger partial charge on any atom is 0.228 e. The van der Waals surface area contributed by atoms with Crippen LogP contribution < -0.4 is 10.6 Å². The fourth-order valence-corrected chi connectivity index (χ4v) is 3.49. The van der Waals surface area contributed by atoms with E-state index in [0.717, 1.165) is 46.3 Å². The third-order valence-electron chi connectivity index (χ3n) is 5.18. The molecule has 5 rings (SSSR count). The van der Waals surface area contributed by atoms with E-state index in [-0.39, 0.29) is 11.8 Å². The SMILES string of the molecule is CNCc1cnc(NC(=O)C2CC2)c2[nH]c(-c3cccc(-n4cnnc4)c3)cc12. The second kappa shape index (κ2) is 7.14. The van der Waals surface area contributed by atoms with Crippen LogP contribution in [-0.4, -0.2) is 37.7 Å². The minimum absolute atomic E-state index is 0.0471. The summed E-state index contributed by atoms with van der Waals surface area (Å²) in [7, 11) is 1.91. The monoisotopic (exact) mass is 387 g/mol. The summed E-state index contributed by atoms with van der Waals surface area (Å²) in [6, 6.07) is 10.2. The Kier molecular flexibility index (Phi) is 4.33. The Bertz CT molecular complexity index is 1180. The number of aromatic nitrogens is 5. The molecule has 4 aromatic rings. The molecule has 3 N–H and O–H groups in total. The van der Waals surface area contributed by atoms with Gasteiger partial charge in [0.2, 0.25) is 5.91 Å². The molecule has 29 heavy (non-hydrogen) atoms. The van der Waals surface area contributed by atoms with E-state index in [0.29, 0.717) is 12.4 Å². The summed E-state index contributed by atoms with van der Waals surface area (Å²) in [6.07, 6.45) is 7.08. The number of carbonyl (C=O) groups excluding carboxylic acids is 1. The molecule has 1 fully saturated rings. The fraction of sp³-hybridized carbons (Fsp3) is 0.238. The van der Waals surface area contributed by atoms with Gasteiger partial charge in [0.25, 0.3) is 0 Å². The van der Waals surface area contributed by atoms with E-state index in [4.69, 9.17) is 0 Å². The van der Waals surface area contributed by atoms with E-state index in [2.05, 4.69) is 42.9 Å². The predicted octanol–water partition coefficient (Wildman–Crippen LogP) is 2.88. The van der Waals surface area contributed by atoms with Crippen molar-refractivity contribution >= 4 is 22.6 Å². The van der Waals surface area contributed by atoms with Crippen molar-refractivity contribution < 1.29 is 4.79 Å². The molecule has 0 unspecified atom stereocenters. The van der Waals surface area contributed by atoms with Crippen LogP contribution in [0.4, 0.5) is 5.82 Å². The maximum absolute atomic E-state index is 12.3. The van der Waals surface area contributed by atoms with E-state index < -0.39 is 0 Å². The highest BCUT2D eigenvalue weighted by Gasteiger charge is 2.30. The zero-order chi connectivity index (χ0) is 19.8. The zero-order valence-electron chi connectivity index (χ0n) is 16.0. The van der Waals surface area contributed by atoms with Gasteiger partial charge in [0, 0.05) is 41.0 Å². The van der Waals surface area contributed by atoms with Gasteiger partial charge in [-0.05, 0) is 43.7 Å². The third-order valence-corrected chi connectivity index (χ3v) is 5.18. The molecule has 0 aliphatic heterocycles. The first-order chi connectivity index (χ1) is 14.2. The standard InChI is InChI=1S/C21H21N7O/c1-22-9-15-10-23-20(27-21(29)13-5-6-13)19-17(15)8-18(26-19)14-3-2-4-16(7-14)28-11-24-25-12-28/h2-4,7-8,10-13,22,26H,5-6,9H2,1H3,(H,23,27,29). The fourth-order valence-electron chi connectivity index (χ4n) is 3.49. The molecule has 1 aliphatic carbocycles. The van der Waals surface area contributed by atoms with E-state index in [1.807, 2.05) is 36.0 Å². The number of aromatic amines is 1. The first-order valence-electron chi connectivity index (χ1n) is 9.64. The van der Waals surface area contributed by atoms with Crippen LogP contribution in [0, 0.1) is 5.92 Å². The molecule has 3 heterocycles. The Morgan fingerprint density at radius 2 is 2.07 bits per heavy atom. The summed E-state index contributed by atoms with van der Waals surface area (Å²) in [4.78, 5) is 20.3. The maximum atomic E-state index is 12.3. The van der Waals surface area contributed by atoms with Crippen molar-refractivity contribution in [3.63, 3.8) is 0 Å². The number of rotatable bonds is 6. The molecule has 1 saturated carbocycles. The van der Waals surface area contributed by atoms with Crippen molar-refractivity contribution in [3.05, 3.63) is 54.7 Å². The topological polar surface area (TPSA) is 101 Å². The van der Waals surface area contributed by atoms with Gasteiger partial charge in [-0.3, -0.25) is 9.36 Å². The van der Waals surface area contributed by atoms with E-state index in [1.165, 1.54) is 0 Å². The lowest BCUT2D eigenvalue weighted by molar-refractivity contribution is -0.117. The average molecular weight is 387 g/mol. The molecular weight excluding hydrogens is 366 g/mol. The molecule has 8 nitrogen and oxygen atoms in total.